The highest BCUT2D eigenvalue weighted by Gasteiger charge is 2.38. The fourth-order valence-electron chi connectivity index (χ4n) is 5.73. The molecule has 0 aromatic carbocycles. The maximum absolute atomic E-state index is 11.8. The zero-order valence-electron chi connectivity index (χ0n) is 23.2. The van der Waals surface area contributed by atoms with Crippen molar-refractivity contribution >= 4 is 28.2 Å². The van der Waals surface area contributed by atoms with E-state index < -0.39 is 11.9 Å². The predicted molar refractivity (Wildman–Crippen MR) is 150 cm³/mol. The molecular formula is C30H38N4O5. The van der Waals surface area contributed by atoms with Crippen LogP contribution in [0.25, 0.3) is 22.3 Å². The number of hydrogen-bond donors (Lipinski definition) is 2. The Bertz CT molecular complexity index is 1380. The van der Waals surface area contributed by atoms with Crippen LogP contribution in [0.1, 0.15) is 62.8 Å². The van der Waals surface area contributed by atoms with Crippen molar-refractivity contribution in [1.82, 2.24) is 14.5 Å². The van der Waals surface area contributed by atoms with Gasteiger partial charge in [0.15, 0.2) is 6.29 Å². The first kappa shape index (κ1) is 27.5. The number of carbonyl (C=O) groups is 1. The number of carbonyl (C=O) groups excluding carboxylic acids is 1. The number of aryl methyl sites for hydroxylation is 1. The topological polar surface area (TPSA) is 108 Å². The molecule has 1 amide bonds. The van der Waals surface area contributed by atoms with Crippen molar-refractivity contribution in [3.63, 3.8) is 0 Å². The van der Waals surface area contributed by atoms with Crippen LogP contribution < -0.4 is 5.32 Å². The van der Waals surface area contributed by atoms with Crippen molar-refractivity contribution in [3.8, 4) is 5.82 Å². The Hall–Kier alpha value is -3.11. The lowest BCUT2D eigenvalue weighted by Crippen LogP contribution is -2.30. The molecule has 0 bridgehead atoms. The molecule has 9 nitrogen and oxygen atoms in total. The number of aliphatic hydroxyl groups excluding tert-OH is 1. The van der Waals surface area contributed by atoms with Gasteiger partial charge in [-0.15, -0.1) is 0 Å². The second-order valence-corrected chi connectivity index (χ2v) is 10.6. The highest BCUT2D eigenvalue weighted by Crippen LogP contribution is 2.39. The summed E-state index contributed by atoms with van der Waals surface area (Å²) in [5.74, 6) is 1.48. The third-order valence-electron chi connectivity index (χ3n) is 7.80. The Kier molecular flexibility index (Phi) is 8.13. The van der Waals surface area contributed by atoms with E-state index in [4.69, 9.17) is 19.2 Å². The molecule has 3 aromatic heterocycles. The van der Waals surface area contributed by atoms with Gasteiger partial charge in [0.2, 0.25) is 5.91 Å². The van der Waals surface area contributed by atoms with Gasteiger partial charge < -0.3 is 29.2 Å². The molecule has 3 aromatic rings. The lowest BCUT2D eigenvalue weighted by atomic mass is 9.85. The van der Waals surface area contributed by atoms with E-state index >= 15 is 0 Å². The van der Waals surface area contributed by atoms with E-state index in [0.29, 0.717) is 38.0 Å². The summed E-state index contributed by atoms with van der Waals surface area (Å²) >= 11 is 0. The lowest BCUT2D eigenvalue weighted by Gasteiger charge is -2.26. The van der Waals surface area contributed by atoms with Gasteiger partial charge in [-0.25, -0.2) is 9.97 Å². The van der Waals surface area contributed by atoms with E-state index in [2.05, 4.69) is 46.2 Å². The molecule has 1 aliphatic carbocycles. The molecule has 2 unspecified atom stereocenters. The van der Waals surface area contributed by atoms with E-state index in [1.807, 2.05) is 19.2 Å². The molecule has 0 radical (unpaired) electrons. The summed E-state index contributed by atoms with van der Waals surface area (Å²) in [4.78, 5) is 21.4. The van der Waals surface area contributed by atoms with Crippen LogP contribution in [0.4, 0.5) is 5.82 Å². The van der Waals surface area contributed by atoms with Crippen molar-refractivity contribution in [2.24, 2.45) is 5.92 Å². The van der Waals surface area contributed by atoms with Crippen LogP contribution in [0.2, 0.25) is 0 Å². The predicted octanol–water partition coefficient (Wildman–Crippen LogP) is 4.88. The van der Waals surface area contributed by atoms with Gasteiger partial charge in [0.1, 0.15) is 17.2 Å². The third kappa shape index (κ3) is 5.77. The normalized spacial score (nSPS) is 22.2. The van der Waals surface area contributed by atoms with Gasteiger partial charge in [0, 0.05) is 69.5 Å². The summed E-state index contributed by atoms with van der Waals surface area (Å²) in [7, 11) is 1.71. The maximum atomic E-state index is 11.8. The minimum absolute atomic E-state index is 0.172. The van der Waals surface area contributed by atoms with Gasteiger partial charge >= 0.3 is 0 Å². The number of aromatic nitrogens is 3. The van der Waals surface area contributed by atoms with Crippen LogP contribution in [0.3, 0.4) is 0 Å². The van der Waals surface area contributed by atoms with Gasteiger partial charge in [-0.1, -0.05) is 6.08 Å². The molecule has 1 saturated heterocycles. The van der Waals surface area contributed by atoms with E-state index in [1.165, 1.54) is 12.5 Å². The first-order valence-electron chi connectivity index (χ1n) is 13.7. The van der Waals surface area contributed by atoms with Crippen LogP contribution in [0.15, 0.2) is 36.7 Å². The van der Waals surface area contributed by atoms with Gasteiger partial charge in [-0.2, -0.15) is 0 Å². The number of ether oxygens (including phenoxy) is 3. The maximum Gasteiger partial charge on any atom is 0.222 e. The van der Waals surface area contributed by atoms with Crippen molar-refractivity contribution in [2.45, 2.75) is 64.8 Å². The number of allylic oxidation sites excluding steroid dienone is 2. The fourth-order valence-corrected chi connectivity index (χ4v) is 5.73. The molecule has 39 heavy (non-hydrogen) atoms. The van der Waals surface area contributed by atoms with E-state index in [9.17, 15) is 9.90 Å². The molecule has 208 valence electrons. The molecular weight excluding hydrogens is 496 g/mol. The Balaban J connectivity index is 1.56. The van der Waals surface area contributed by atoms with Crippen LogP contribution in [0.5, 0.6) is 0 Å². The average Bonchev–Trinajstić information content (AvgIpc) is 3.54. The van der Waals surface area contributed by atoms with E-state index in [1.54, 1.807) is 7.11 Å². The first-order chi connectivity index (χ1) is 18.8. The SMILES string of the molecule is CCOC(O)CC1CC=C(c2cn(-c3cc(C)cc([C@]4(OC)CCOC4)n3)c3cc(NC(C)=O)ncc23)CC1. The molecule has 3 atom stereocenters. The van der Waals surface area contributed by atoms with E-state index in [-0.39, 0.29) is 5.91 Å². The monoisotopic (exact) mass is 534 g/mol. The van der Waals surface area contributed by atoms with Gasteiger partial charge in [0.05, 0.1) is 17.8 Å². The number of rotatable bonds is 9. The largest absolute Gasteiger partial charge is 0.378 e. The summed E-state index contributed by atoms with van der Waals surface area (Å²) in [5.41, 5.74) is 4.63. The molecule has 2 N–H and O–H groups in total. The third-order valence-corrected chi connectivity index (χ3v) is 7.80. The number of nitrogens with zero attached hydrogens (tertiary/aromatic N) is 3. The smallest absolute Gasteiger partial charge is 0.222 e. The molecule has 2 aliphatic rings. The number of amides is 1. The lowest BCUT2D eigenvalue weighted by molar-refractivity contribution is -0.114. The summed E-state index contributed by atoms with van der Waals surface area (Å²) < 4.78 is 19.1. The van der Waals surface area contributed by atoms with Crippen LogP contribution in [0, 0.1) is 12.8 Å². The summed E-state index contributed by atoms with van der Waals surface area (Å²) in [5, 5.41) is 13.9. The number of hydrogen-bond acceptors (Lipinski definition) is 7. The number of aliphatic hydroxyl groups is 1. The molecule has 1 fully saturated rings. The Morgan fingerprint density at radius 2 is 2.21 bits per heavy atom. The zero-order valence-corrected chi connectivity index (χ0v) is 23.2. The molecule has 1 aliphatic heterocycles. The van der Waals surface area contributed by atoms with E-state index in [0.717, 1.165) is 59.2 Å². The molecule has 9 heteroatoms. The van der Waals surface area contributed by atoms with Crippen LogP contribution in [-0.4, -0.2) is 58.8 Å². The first-order valence-corrected chi connectivity index (χ1v) is 13.7. The highest BCUT2D eigenvalue weighted by molar-refractivity contribution is 5.96. The second kappa shape index (κ2) is 11.6. The minimum Gasteiger partial charge on any atom is -0.378 e. The van der Waals surface area contributed by atoms with Crippen molar-refractivity contribution in [3.05, 3.63) is 53.5 Å². The number of nitrogens with one attached hydrogen (secondary N) is 1. The summed E-state index contributed by atoms with van der Waals surface area (Å²) in [6.45, 7) is 7.05. The summed E-state index contributed by atoms with van der Waals surface area (Å²) in [6.07, 6.45) is 9.66. The van der Waals surface area contributed by atoms with Crippen molar-refractivity contribution in [1.29, 1.82) is 0 Å². The van der Waals surface area contributed by atoms with Crippen LogP contribution >= 0.6 is 0 Å². The molecule has 0 spiro atoms. The molecule has 4 heterocycles. The minimum atomic E-state index is -0.712. The molecule has 5 rings (SSSR count). The Morgan fingerprint density at radius 3 is 2.87 bits per heavy atom. The van der Waals surface area contributed by atoms with Crippen LogP contribution in [-0.2, 0) is 24.6 Å². The average molecular weight is 535 g/mol. The Labute approximate surface area is 229 Å². The van der Waals surface area contributed by atoms with Gasteiger partial charge in [-0.05, 0) is 62.3 Å². The summed E-state index contributed by atoms with van der Waals surface area (Å²) in [6, 6.07) is 6.03. The van der Waals surface area contributed by atoms with Crippen molar-refractivity contribution in [2.75, 3.05) is 32.2 Å². The van der Waals surface area contributed by atoms with Gasteiger partial charge in [-0.3, -0.25) is 4.79 Å². The number of anilines is 1. The van der Waals surface area contributed by atoms with Crippen molar-refractivity contribution < 1.29 is 24.1 Å². The quantitative estimate of drug-likeness (QED) is 0.377. The zero-order chi connectivity index (χ0) is 27.6. The standard InChI is InChI=1S/C30H38N4O5/c1-5-39-29(36)14-21-6-8-22(9-7-21)24-17-34(25-15-27(32-20(3)35)31-16-23(24)25)28-13-19(2)12-26(33-28)30(37-4)10-11-38-18-30/h8,12-13,15-17,21,29,36H,5-7,9-11,14,18H2,1-4H3,(H,31,32,35)/t21?,29?,30-/m0/s1. The fraction of sp³-hybridized carbons (Fsp3) is 0.500. The second-order valence-electron chi connectivity index (χ2n) is 10.6. The number of fused-ring (bicyclic) bond motifs is 1. The highest BCUT2D eigenvalue weighted by atomic mass is 16.6. The Morgan fingerprint density at radius 1 is 1.36 bits per heavy atom. The number of pyridine rings is 2. The van der Waals surface area contributed by atoms with Gasteiger partial charge in [0.25, 0.3) is 0 Å². The molecule has 0 saturated carbocycles. The number of methoxy groups -OCH3 is 1.